The monoisotopic (exact) mass is 520 g/mol. The van der Waals surface area contributed by atoms with Gasteiger partial charge >= 0.3 is 5.69 Å². The van der Waals surface area contributed by atoms with E-state index in [0.29, 0.717) is 60.8 Å². The number of nitrogens with zero attached hydrogens (tertiary/aromatic N) is 4. The summed E-state index contributed by atoms with van der Waals surface area (Å²) in [6, 6.07) is 16.6. The Morgan fingerprint density at radius 2 is 1.68 bits per heavy atom. The smallest absolute Gasteiger partial charge is 0.332 e. The topological polar surface area (TPSA) is 136 Å². The molecular weight excluding hydrogens is 488 g/mol. The minimum Gasteiger partial charge on any atom is -0.468 e. The third kappa shape index (κ3) is 5.59. The summed E-state index contributed by atoms with van der Waals surface area (Å²) >= 11 is 0. The van der Waals surface area contributed by atoms with Crippen molar-refractivity contribution in [1.29, 1.82) is 5.41 Å². The molecule has 200 valence electrons. The van der Waals surface area contributed by atoms with Crippen molar-refractivity contribution in [1.82, 2.24) is 24.2 Å². The highest BCUT2D eigenvalue weighted by molar-refractivity contribution is 5.77. The van der Waals surface area contributed by atoms with Gasteiger partial charge in [-0.3, -0.25) is 18.5 Å². The maximum atomic E-state index is 13.6. The van der Waals surface area contributed by atoms with Gasteiger partial charge in [0.1, 0.15) is 18.3 Å². The van der Waals surface area contributed by atoms with Crippen molar-refractivity contribution in [2.45, 2.75) is 59.3 Å². The molecule has 0 aliphatic rings. The van der Waals surface area contributed by atoms with Gasteiger partial charge in [0, 0.05) is 18.7 Å². The Kier molecular flexibility index (Phi) is 8.85. The van der Waals surface area contributed by atoms with Crippen molar-refractivity contribution in [2.24, 2.45) is 0 Å². The standard InChI is InChI=1S/C27H32N6O5/c1-3-14-31-25-23(26(34)32(15-4-2)27(31)35)33(18-37-17-19-8-6-5-7-9-19)24(29-25)20-10-12-21(13-11-20)38-22(16-28)30-36/h5-13,16,22,28,30,36H,3-4,14-15,17-18H2,1-2H3. The summed E-state index contributed by atoms with van der Waals surface area (Å²) in [5.74, 6) is 0.888. The number of nitrogens with one attached hydrogen (secondary N) is 2. The van der Waals surface area contributed by atoms with E-state index >= 15 is 0 Å². The second-order valence-corrected chi connectivity index (χ2v) is 8.75. The predicted molar refractivity (Wildman–Crippen MR) is 144 cm³/mol. The van der Waals surface area contributed by atoms with Crippen LogP contribution in [0.15, 0.2) is 64.2 Å². The van der Waals surface area contributed by atoms with Crippen molar-refractivity contribution in [3.8, 4) is 17.1 Å². The van der Waals surface area contributed by atoms with Gasteiger partial charge in [-0.2, -0.15) is 5.48 Å². The van der Waals surface area contributed by atoms with Gasteiger partial charge in [-0.05, 0) is 42.7 Å². The Labute approximate surface area is 219 Å². The van der Waals surface area contributed by atoms with Crippen LogP contribution >= 0.6 is 0 Å². The molecule has 0 saturated carbocycles. The summed E-state index contributed by atoms with van der Waals surface area (Å²) in [7, 11) is 0. The molecule has 11 nitrogen and oxygen atoms in total. The van der Waals surface area contributed by atoms with Gasteiger partial charge in [0.25, 0.3) is 5.56 Å². The number of aromatic nitrogens is 4. The highest BCUT2D eigenvalue weighted by atomic mass is 16.6. The first-order valence-electron chi connectivity index (χ1n) is 12.5. The van der Waals surface area contributed by atoms with Gasteiger partial charge in [-0.25, -0.2) is 9.78 Å². The second kappa shape index (κ2) is 12.5. The number of aryl methyl sites for hydroxylation is 1. The SMILES string of the molecule is CCCn1c(=O)c2c(nc(-c3ccc(OC(C=N)NO)cc3)n2COCc2ccccc2)n(CCC)c1=O. The Bertz CT molecular complexity index is 1490. The van der Waals surface area contributed by atoms with Crippen LogP contribution in [0.25, 0.3) is 22.6 Å². The molecule has 0 aliphatic heterocycles. The molecule has 2 aromatic heterocycles. The van der Waals surface area contributed by atoms with Crippen LogP contribution in [0, 0.1) is 5.41 Å². The molecule has 0 saturated heterocycles. The van der Waals surface area contributed by atoms with Gasteiger partial charge < -0.3 is 20.1 Å². The van der Waals surface area contributed by atoms with Crippen LogP contribution in [-0.4, -0.2) is 36.3 Å². The van der Waals surface area contributed by atoms with E-state index < -0.39 is 11.8 Å². The Morgan fingerprint density at radius 1 is 1.00 bits per heavy atom. The van der Waals surface area contributed by atoms with Crippen molar-refractivity contribution in [3.05, 3.63) is 81.0 Å². The van der Waals surface area contributed by atoms with E-state index in [1.54, 1.807) is 33.4 Å². The molecule has 1 atom stereocenters. The largest absolute Gasteiger partial charge is 0.468 e. The number of hydrogen-bond donors (Lipinski definition) is 3. The molecular formula is C27H32N6O5. The number of ether oxygens (including phenoxy) is 2. The molecule has 0 bridgehead atoms. The molecule has 38 heavy (non-hydrogen) atoms. The fourth-order valence-corrected chi connectivity index (χ4v) is 4.24. The lowest BCUT2D eigenvalue weighted by Crippen LogP contribution is -2.40. The first-order valence-corrected chi connectivity index (χ1v) is 12.5. The molecule has 0 amide bonds. The van der Waals surface area contributed by atoms with Crippen molar-refractivity contribution in [2.75, 3.05) is 0 Å². The summed E-state index contributed by atoms with van der Waals surface area (Å²) in [6.07, 6.45) is 1.27. The van der Waals surface area contributed by atoms with E-state index in [1.165, 1.54) is 4.57 Å². The zero-order valence-corrected chi connectivity index (χ0v) is 21.5. The lowest BCUT2D eigenvalue weighted by molar-refractivity contribution is 0.0603. The fourth-order valence-electron chi connectivity index (χ4n) is 4.24. The number of hydrogen-bond acceptors (Lipinski definition) is 8. The molecule has 0 fully saturated rings. The number of rotatable bonds is 13. The fraction of sp³-hybridized carbons (Fsp3) is 0.333. The molecule has 3 N–H and O–H groups in total. The van der Waals surface area contributed by atoms with Gasteiger partial charge in [0.05, 0.1) is 12.8 Å². The Morgan fingerprint density at radius 3 is 2.32 bits per heavy atom. The highest BCUT2D eigenvalue weighted by Crippen LogP contribution is 2.26. The molecule has 4 rings (SSSR count). The van der Waals surface area contributed by atoms with E-state index in [1.807, 2.05) is 49.7 Å². The van der Waals surface area contributed by atoms with Gasteiger partial charge in [-0.1, -0.05) is 44.2 Å². The van der Waals surface area contributed by atoms with Crippen molar-refractivity contribution < 1.29 is 14.7 Å². The molecule has 2 heterocycles. The molecule has 11 heteroatoms. The van der Waals surface area contributed by atoms with E-state index in [9.17, 15) is 9.59 Å². The van der Waals surface area contributed by atoms with Crippen LogP contribution < -0.4 is 21.5 Å². The third-order valence-corrected chi connectivity index (χ3v) is 5.99. The Hall–Kier alpha value is -4.06. The summed E-state index contributed by atoms with van der Waals surface area (Å²) < 4.78 is 16.0. The maximum absolute atomic E-state index is 13.6. The summed E-state index contributed by atoms with van der Waals surface area (Å²) in [5, 5.41) is 16.3. The average molecular weight is 521 g/mol. The van der Waals surface area contributed by atoms with E-state index in [4.69, 9.17) is 25.1 Å². The molecule has 2 aromatic carbocycles. The number of benzene rings is 2. The first kappa shape index (κ1) is 27.0. The quantitative estimate of drug-likeness (QED) is 0.140. The van der Waals surface area contributed by atoms with Crippen LogP contribution in [0.1, 0.15) is 32.3 Å². The van der Waals surface area contributed by atoms with Crippen LogP contribution in [0.2, 0.25) is 0 Å². The number of imidazole rings is 1. The number of fused-ring (bicyclic) bond motifs is 1. The van der Waals surface area contributed by atoms with Crippen LogP contribution in [0.5, 0.6) is 5.75 Å². The van der Waals surface area contributed by atoms with Crippen molar-refractivity contribution >= 4 is 17.4 Å². The van der Waals surface area contributed by atoms with Crippen LogP contribution in [0.4, 0.5) is 0 Å². The first-order chi connectivity index (χ1) is 18.5. The van der Waals surface area contributed by atoms with E-state index in [0.717, 1.165) is 11.8 Å². The third-order valence-electron chi connectivity index (χ3n) is 5.99. The second-order valence-electron chi connectivity index (χ2n) is 8.75. The maximum Gasteiger partial charge on any atom is 0.332 e. The summed E-state index contributed by atoms with van der Waals surface area (Å²) in [4.78, 5) is 31.6. The molecule has 0 radical (unpaired) electrons. The van der Waals surface area contributed by atoms with Crippen LogP contribution in [-0.2, 0) is 31.2 Å². The minimum absolute atomic E-state index is 0.0506. The zero-order valence-electron chi connectivity index (χ0n) is 21.5. The molecule has 0 spiro atoms. The zero-order chi connectivity index (χ0) is 27.1. The van der Waals surface area contributed by atoms with Gasteiger partial charge in [0.2, 0.25) is 6.23 Å². The van der Waals surface area contributed by atoms with E-state index in [-0.39, 0.29) is 12.4 Å². The van der Waals surface area contributed by atoms with Crippen LogP contribution in [0.3, 0.4) is 0 Å². The average Bonchev–Trinajstić information content (AvgIpc) is 3.32. The predicted octanol–water partition coefficient (Wildman–Crippen LogP) is 3.35. The van der Waals surface area contributed by atoms with E-state index in [2.05, 4.69) is 0 Å². The van der Waals surface area contributed by atoms with Gasteiger partial charge in [-0.15, -0.1) is 0 Å². The van der Waals surface area contributed by atoms with Gasteiger partial charge in [0.15, 0.2) is 11.2 Å². The molecule has 4 aromatic rings. The number of hydroxylamine groups is 1. The highest BCUT2D eigenvalue weighted by Gasteiger charge is 2.22. The molecule has 0 aliphatic carbocycles. The van der Waals surface area contributed by atoms with Crippen molar-refractivity contribution in [3.63, 3.8) is 0 Å². The lowest BCUT2D eigenvalue weighted by Gasteiger charge is -2.14. The Balaban J connectivity index is 1.83. The molecule has 1 unspecified atom stereocenters. The lowest BCUT2D eigenvalue weighted by atomic mass is 10.2. The summed E-state index contributed by atoms with van der Waals surface area (Å²) in [5.41, 5.74) is 3.42. The minimum atomic E-state index is -0.989. The summed E-state index contributed by atoms with van der Waals surface area (Å²) in [6.45, 7) is 5.01. The normalized spacial score (nSPS) is 12.1.